The molecule has 6 heteroatoms. The Bertz CT molecular complexity index is 907. The zero-order chi connectivity index (χ0) is 21.3. The Balaban J connectivity index is 1.54. The zero-order valence-corrected chi connectivity index (χ0v) is 17.9. The summed E-state index contributed by atoms with van der Waals surface area (Å²) in [4.78, 5) is 19.1. The van der Waals surface area contributed by atoms with Crippen LogP contribution in [0.3, 0.4) is 0 Å². The highest BCUT2D eigenvalue weighted by Crippen LogP contribution is 2.45. The number of halogens is 1. The van der Waals surface area contributed by atoms with Crippen LogP contribution in [0, 0.1) is 5.82 Å². The van der Waals surface area contributed by atoms with Crippen molar-refractivity contribution in [1.82, 2.24) is 4.98 Å². The number of pyridine rings is 1. The third-order valence-corrected chi connectivity index (χ3v) is 5.38. The zero-order valence-electron chi connectivity index (χ0n) is 17.9. The molecule has 1 aromatic heterocycles. The molecule has 5 nitrogen and oxygen atoms in total. The van der Waals surface area contributed by atoms with E-state index in [4.69, 9.17) is 9.47 Å². The van der Waals surface area contributed by atoms with E-state index in [0.29, 0.717) is 18.2 Å². The van der Waals surface area contributed by atoms with Crippen LogP contribution >= 0.6 is 0 Å². The number of hydrogen-bond donors (Lipinski definition) is 0. The molecular weight excluding hydrogens is 383 g/mol. The van der Waals surface area contributed by atoms with Crippen LogP contribution in [0.2, 0.25) is 0 Å². The number of anilines is 1. The van der Waals surface area contributed by atoms with Crippen molar-refractivity contribution in [2.24, 2.45) is 0 Å². The maximum atomic E-state index is 14.8. The largest absolute Gasteiger partial charge is 0.488 e. The van der Waals surface area contributed by atoms with E-state index in [1.54, 1.807) is 33.0 Å². The maximum absolute atomic E-state index is 14.8. The molecule has 1 saturated heterocycles. The van der Waals surface area contributed by atoms with Crippen molar-refractivity contribution in [1.29, 1.82) is 0 Å². The monoisotopic (exact) mass is 412 g/mol. The second kappa shape index (κ2) is 8.25. The lowest BCUT2D eigenvalue weighted by Crippen LogP contribution is -2.41. The summed E-state index contributed by atoms with van der Waals surface area (Å²) >= 11 is 0. The van der Waals surface area contributed by atoms with Gasteiger partial charge in [-0.2, -0.15) is 0 Å². The Morgan fingerprint density at radius 2 is 2.00 bits per heavy atom. The summed E-state index contributed by atoms with van der Waals surface area (Å²) in [6.45, 7) is 6.96. The summed E-state index contributed by atoms with van der Waals surface area (Å²) < 4.78 is 26.5. The van der Waals surface area contributed by atoms with E-state index < -0.39 is 17.4 Å². The van der Waals surface area contributed by atoms with Crippen LogP contribution in [-0.2, 0) is 4.74 Å². The quantitative estimate of drug-likeness (QED) is 0.640. The predicted molar refractivity (Wildman–Crippen MR) is 114 cm³/mol. The number of benzene rings is 1. The van der Waals surface area contributed by atoms with Crippen molar-refractivity contribution in [3.63, 3.8) is 0 Å². The van der Waals surface area contributed by atoms with Crippen LogP contribution in [0.25, 0.3) is 0 Å². The summed E-state index contributed by atoms with van der Waals surface area (Å²) in [6.07, 6.45) is 5.68. The molecule has 0 spiro atoms. The standard InChI is InChI=1S/C24H29FN2O3/c1-24(2,3)30-23(28)19-13-18(16-9-10-16)21(14-20(19)25)29-17-7-6-12-27(15-17)22-8-4-5-11-26-22/h4-5,8,11,13-14,16-17H,6-7,9-10,12,15H2,1-3H3/t17-/m1/s1. The number of hydrogen-bond acceptors (Lipinski definition) is 5. The lowest BCUT2D eigenvalue weighted by Gasteiger charge is -2.34. The van der Waals surface area contributed by atoms with Crippen molar-refractivity contribution in [3.05, 3.63) is 53.5 Å². The fourth-order valence-electron chi connectivity index (χ4n) is 3.84. The fourth-order valence-corrected chi connectivity index (χ4v) is 3.84. The van der Waals surface area contributed by atoms with Gasteiger partial charge < -0.3 is 14.4 Å². The molecule has 2 aliphatic rings. The van der Waals surface area contributed by atoms with Crippen molar-refractivity contribution >= 4 is 11.8 Å². The first kappa shape index (κ1) is 20.6. The molecule has 2 fully saturated rings. The Hall–Kier alpha value is -2.63. The molecule has 30 heavy (non-hydrogen) atoms. The molecule has 2 heterocycles. The Labute approximate surface area is 177 Å². The third kappa shape index (κ3) is 4.91. The molecule has 1 atom stereocenters. The Morgan fingerprint density at radius 1 is 1.20 bits per heavy atom. The number of nitrogens with zero attached hydrogens (tertiary/aromatic N) is 2. The van der Waals surface area contributed by atoms with Gasteiger partial charge in [-0.05, 0) is 76.1 Å². The van der Waals surface area contributed by atoms with Gasteiger partial charge in [0.1, 0.15) is 29.1 Å². The number of carbonyl (C=O) groups excluding carboxylic acids is 1. The highest BCUT2D eigenvalue weighted by molar-refractivity contribution is 5.90. The first-order valence-electron chi connectivity index (χ1n) is 10.7. The van der Waals surface area contributed by atoms with Gasteiger partial charge in [0.15, 0.2) is 0 Å². The Kier molecular flexibility index (Phi) is 5.67. The molecule has 0 unspecified atom stereocenters. The first-order chi connectivity index (χ1) is 14.3. The van der Waals surface area contributed by atoms with Crippen LogP contribution < -0.4 is 9.64 Å². The molecule has 1 aromatic carbocycles. The molecule has 0 amide bonds. The van der Waals surface area contributed by atoms with Gasteiger partial charge in [-0.25, -0.2) is 14.2 Å². The molecular formula is C24H29FN2O3. The molecule has 0 radical (unpaired) electrons. The van der Waals surface area contributed by atoms with Gasteiger partial charge >= 0.3 is 5.97 Å². The van der Waals surface area contributed by atoms with E-state index in [0.717, 1.165) is 43.6 Å². The number of esters is 1. The van der Waals surface area contributed by atoms with E-state index in [9.17, 15) is 9.18 Å². The van der Waals surface area contributed by atoms with E-state index in [1.807, 2.05) is 18.2 Å². The number of piperidine rings is 1. The topological polar surface area (TPSA) is 51.7 Å². The van der Waals surface area contributed by atoms with Gasteiger partial charge in [0.25, 0.3) is 0 Å². The van der Waals surface area contributed by atoms with Crippen LogP contribution in [-0.4, -0.2) is 35.7 Å². The molecule has 4 rings (SSSR count). The summed E-state index contributed by atoms with van der Waals surface area (Å²) in [6, 6.07) is 8.87. The average Bonchev–Trinajstić information content (AvgIpc) is 3.53. The molecule has 1 saturated carbocycles. The predicted octanol–water partition coefficient (Wildman–Crippen LogP) is 5.10. The minimum atomic E-state index is -0.671. The van der Waals surface area contributed by atoms with E-state index in [1.165, 1.54) is 6.07 Å². The van der Waals surface area contributed by atoms with Gasteiger partial charge in [0.2, 0.25) is 0 Å². The molecule has 1 aliphatic carbocycles. The smallest absolute Gasteiger partial charge is 0.341 e. The van der Waals surface area contributed by atoms with Gasteiger partial charge in [-0.15, -0.1) is 0 Å². The van der Waals surface area contributed by atoms with Crippen molar-refractivity contribution in [2.75, 3.05) is 18.0 Å². The minimum Gasteiger partial charge on any atom is -0.488 e. The normalized spacial score (nSPS) is 19.5. The van der Waals surface area contributed by atoms with Crippen molar-refractivity contribution < 1.29 is 18.7 Å². The Morgan fingerprint density at radius 3 is 2.67 bits per heavy atom. The van der Waals surface area contributed by atoms with Gasteiger partial charge in [-0.3, -0.25) is 0 Å². The molecule has 1 aliphatic heterocycles. The second-order valence-corrected chi connectivity index (χ2v) is 9.16. The van der Waals surface area contributed by atoms with Gasteiger partial charge in [0.05, 0.1) is 12.1 Å². The number of carbonyl (C=O) groups is 1. The molecule has 160 valence electrons. The number of ether oxygens (including phenoxy) is 2. The van der Waals surface area contributed by atoms with Crippen LogP contribution in [0.15, 0.2) is 36.5 Å². The van der Waals surface area contributed by atoms with Gasteiger partial charge in [0, 0.05) is 18.8 Å². The fraction of sp³-hybridized carbons (Fsp3) is 0.500. The highest BCUT2D eigenvalue weighted by Gasteiger charge is 2.32. The number of aromatic nitrogens is 1. The summed E-state index contributed by atoms with van der Waals surface area (Å²) in [7, 11) is 0. The summed E-state index contributed by atoms with van der Waals surface area (Å²) in [5, 5.41) is 0. The third-order valence-electron chi connectivity index (χ3n) is 5.38. The van der Waals surface area contributed by atoms with Crippen LogP contribution in [0.5, 0.6) is 5.75 Å². The van der Waals surface area contributed by atoms with Crippen LogP contribution in [0.1, 0.15) is 68.3 Å². The summed E-state index contributed by atoms with van der Waals surface area (Å²) in [5.41, 5.74) is 0.222. The van der Waals surface area contributed by atoms with E-state index >= 15 is 0 Å². The summed E-state index contributed by atoms with van der Waals surface area (Å²) in [5.74, 6) is 0.570. The molecule has 0 bridgehead atoms. The lowest BCUT2D eigenvalue weighted by molar-refractivity contribution is 0.00645. The molecule has 0 N–H and O–H groups in total. The average molecular weight is 413 g/mol. The van der Waals surface area contributed by atoms with Gasteiger partial charge in [-0.1, -0.05) is 6.07 Å². The lowest BCUT2D eigenvalue weighted by atomic mass is 10.0. The first-order valence-corrected chi connectivity index (χ1v) is 10.7. The SMILES string of the molecule is CC(C)(C)OC(=O)c1cc(C2CC2)c(O[C@@H]2CCCN(c3ccccn3)C2)cc1F. The highest BCUT2D eigenvalue weighted by atomic mass is 19.1. The minimum absolute atomic E-state index is 0.0158. The van der Waals surface area contributed by atoms with Crippen molar-refractivity contribution in [2.45, 2.75) is 64.1 Å². The van der Waals surface area contributed by atoms with E-state index in [2.05, 4.69) is 9.88 Å². The molecule has 2 aromatic rings. The van der Waals surface area contributed by atoms with Crippen molar-refractivity contribution in [3.8, 4) is 5.75 Å². The van der Waals surface area contributed by atoms with Crippen LogP contribution in [0.4, 0.5) is 10.2 Å². The second-order valence-electron chi connectivity index (χ2n) is 9.16. The van der Waals surface area contributed by atoms with E-state index in [-0.39, 0.29) is 11.7 Å². The number of rotatable bonds is 5. The maximum Gasteiger partial charge on any atom is 0.341 e.